The van der Waals surface area contributed by atoms with Gasteiger partial charge in [0.2, 0.25) is 6.71 Å². The van der Waals surface area contributed by atoms with E-state index in [0.717, 1.165) is 28.3 Å². The van der Waals surface area contributed by atoms with Crippen LogP contribution in [0.15, 0.2) is 238 Å². The highest BCUT2D eigenvalue weighted by atomic mass is 32.3. The van der Waals surface area contributed by atoms with Crippen LogP contribution in [0.1, 0.15) is 33.4 Å². The fourth-order valence-electron chi connectivity index (χ4n) is 11.1. The lowest BCUT2D eigenvalue weighted by Gasteiger charge is -2.49. The molecule has 3 heterocycles. The Bertz CT molecular complexity index is 2970. The molecule has 0 atom stereocenters. The molecule has 0 saturated carbocycles. The number of fused-ring (bicyclic) bond motifs is 10. The number of benzene rings is 9. The van der Waals surface area contributed by atoms with E-state index >= 15 is 0 Å². The van der Waals surface area contributed by atoms with Gasteiger partial charge >= 0.3 is 0 Å². The summed E-state index contributed by atoms with van der Waals surface area (Å²) in [4.78, 5) is 8.06. The molecule has 0 aromatic heterocycles. The minimum absolute atomic E-state index is 0.0638. The van der Waals surface area contributed by atoms with Crippen molar-refractivity contribution >= 4 is 50.2 Å². The Hall–Kier alpha value is -7.01. The van der Waals surface area contributed by atoms with Crippen LogP contribution < -0.4 is 26.0 Å². The molecule has 2 nitrogen and oxygen atoms in total. The number of hydrogen-bond acceptors (Lipinski definition) is 2. The summed E-state index contributed by atoms with van der Waals surface area (Å²) >= 11 is 0. The first-order valence-corrected chi connectivity index (χ1v) is 22.8. The first kappa shape index (κ1) is 35.9. The molecule has 12 rings (SSSR count). The highest BCUT2D eigenvalue weighted by Crippen LogP contribution is 2.73. The highest BCUT2D eigenvalue weighted by Gasteiger charge is 2.51. The number of rotatable bonds is 4. The Morgan fingerprint density at radius 1 is 0.426 bits per heavy atom. The average Bonchev–Trinajstić information content (AvgIpc) is 3.32. The van der Waals surface area contributed by atoms with Crippen molar-refractivity contribution < 1.29 is 4.74 Å². The molecule has 0 N–H and O–H groups in total. The van der Waals surface area contributed by atoms with E-state index in [9.17, 15) is 0 Å². The summed E-state index contributed by atoms with van der Waals surface area (Å²) in [5.41, 5.74) is 14.5. The molecule has 3 aliphatic heterocycles. The fraction of sp³-hybridized carbons (Fsp3) is 0.0526. The Kier molecular flexibility index (Phi) is 8.10. The van der Waals surface area contributed by atoms with Crippen LogP contribution in [0.2, 0.25) is 0 Å². The summed E-state index contributed by atoms with van der Waals surface area (Å²) < 4.78 is 6.65. The van der Waals surface area contributed by atoms with Gasteiger partial charge in [-0.3, -0.25) is 0 Å². The van der Waals surface area contributed by atoms with Gasteiger partial charge in [0.05, 0.1) is 16.8 Å². The normalized spacial score (nSPS) is 15.2. The van der Waals surface area contributed by atoms with E-state index in [0.29, 0.717) is 0 Å². The van der Waals surface area contributed by atoms with Crippen LogP contribution in [0, 0.1) is 13.8 Å². The van der Waals surface area contributed by atoms with Crippen LogP contribution in [0.25, 0.3) is 0 Å². The lowest BCUT2D eigenvalue weighted by molar-refractivity contribution is 0.434. The number of hydrogen-bond donors (Lipinski definition) is 0. The Labute approximate surface area is 360 Å². The molecule has 0 saturated heterocycles. The summed E-state index contributed by atoms with van der Waals surface area (Å²) in [6, 6.07) is 81.1. The molecule has 1 spiro atoms. The minimum atomic E-state index is -1.81. The monoisotopic (exact) mass is 799 g/mol. The predicted molar refractivity (Wildman–Crippen MR) is 254 cm³/mol. The number of para-hydroxylation sites is 4. The molecule has 61 heavy (non-hydrogen) atoms. The van der Waals surface area contributed by atoms with Crippen LogP contribution in [0.4, 0.5) is 17.1 Å². The molecule has 290 valence electrons. The molecule has 0 bridgehead atoms. The van der Waals surface area contributed by atoms with Crippen molar-refractivity contribution in [2.45, 2.75) is 38.8 Å². The van der Waals surface area contributed by atoms with Crippen LogP contribution in [0.5, 0.6) is 11.5 Å². The van der Waals surface area contributed by atoms with Gasteiger partial charge < -0.3 is 9.64 Å². The second-order valence-corrected chi connectivity index (χ2v) is 19.5. The lowest BCUT2D eigenvalue weighted by Crippen LogP contribution is -2.58. The van der Waals surface area contributed by atoms with Gasteiger partial charge in [0.1, 0.15) is 11.5 Å². The van der Waals surface area contributed by atoms with Crippen LogP contribution >= 0.6 is 10.0 Å². The van der Waals surface area contributed by atoms with Gasteiger partial charge in [-0.05, 0) is 108 Å². The van der Waals surface area contributed by atoms with Crippen molar-refractivity contribution in [1.82, 2.24) is 0 Å². The summed E-state index contributed by atoms with van der Waals surface area (Å²) in [6.07, 6.45) is 0. The van der Waals surface area contributed by atoms with E-state index in [1.54, 1.807) is 0 Å². The first-order valence-electron chi connectivity index (χ1n) is 21.2. The summed E-state index contributed by atoms with van der Waals surface area (Å²) in [5.74, 6) is 1.79. The van der Waals surface area contributed by atoms with E-state index in [1.165, 1.54) is 69.6 Å². The molecule has 0 fully saturated rings. The fourth-order valence-corrected chi connectivity index (χ4v) is 15.4. The van der Waals surface area contributed by atoms with Crippen molar-refractivity contribution in [3.8, 4) is 11.5 Å². The van der Waals surface area contributed by atoms with Gasteiger partial charge in [0, 0.05) is 26.6 Å². The predicted octanol–water partition coefficient (Wildman–Crippen LogP) is 12.7. The molecule has 9 aromatic rings. The zero-order chi connectivity index (χ0) is 40.7. The number of aryl methyl sites for hydroxylation is 2. The maximum Gasteiger partial charge on any atom is 0.244 e. The molecule has 0 amide bonds. The molecule has 0 aliphatic carbocycles. The quantitative estimate of drug-likeness (QED) is 0.164. The van der Waals surface area contributed by atoms with E-state index < -0.39 is 15.4 Å². The molecule has 4 heteroatoms. The zero-order valence-electron chi connectivity index (χ0n) is 34.1. The smallest absolute Gasteiger partial charge is 0.244 e. The SMILES string of the molecule is Cc1cc(N2c3ccccc3C3(c4ccccc4Oc4ccccc43)c3ccccc32)cc(C)c1B1c2ccccc2S(c2ccccc2)(c2ccccc2)c2ccccc21. The van der Waals surface area contributed by atoms with Gasteiger partial charge in [0.25, 0.3) is 0 Å². The standard InChI is InChI=1S/C57H42BNOS/c1-39-37-41(59-50-31-15-9-25-44(50)57(45-26-10-16-32-51(45)59)46-27-11-17-33-52(46)60-53-34-18-12-28-47(53)57)38-40(2)56(39)58-48-29-13-19-35-54(48)61(42-21-5-3-6-22-42,43-23-7-4-8-24-43)55-36-20-14-30-49(55)58/h3-38H,1-2H3. The second-order valence-electron chi connectivity index (χ2n) is 16.5. The largest absolute Gasteiger partial charge is 0.457 e. The number of ether oxygens (including phenoxy) is 1. The summed E-state index contributed by atoms with van der Waals surface area (Å²) in [6.45, 7) is 4.72. The van der Waals surface area contributed by atoms with Gasteiger partial charge in [-0.15, -0.1) is 10.0 Å². The van der Waals surface area contributed by atoms with Crippen LogP contribution in [-0.2, 0) is 5.41 Å². The van der Waals surface area contributed by atoms with Gasteiger partial charge in [-0.1, -0.05) is 173 Å². The highest BCUT2D eigenvalue weighted by molar-refractivity contribution is 8.34. The van der Waals surface area contributed by atoms with E-state index in [1.807, 2.05) is 0 Å². The molecule has 3 aliphatic rings. The third-order valence-corrected chi connectivity index (χ3v) is 17.4. The van der Waals surface area contributed by atoms with Crippen molar-refractivity contribution in [1.29, 1.82) is 0 Å². The van der Waals surface area contributed by atoms with Gasteiger partial charge in [-0.2, -0.15) is 0 Å². The Morgan fingerprint density at radius 2 is 0.820 bits per heavy atom. The maximum atomic E-state index is 6.65. The average molecular weight is 800 g/mol. The number of nitrogens with zero attached hydrogens (tertiary/aromatic N) is 1. The Balaban J connectivity index is 1.07. The zero-order valence-corrected chi connectivity index (χ0v) is 34.9. The Morgan fingerprint density at radius 3 is 1.31 bits per heavy atom. The minimum Gasteiger partial charge on any atom is -0.457 e. The van der Waals surface area contributed by atoms with Crippen molar-refractivity contribution in [3.05, 3.63) is 252 Å². The second kappa shape index (κ2) is 13.8. The lowest BCUT2D eigenvalue weighted by atomic mass is 9.35. The summed E-state index contributed by atoms with van der Waals surface area (Å²) in [7, 11) is -1.81. The number of anilines is 3. The van der Waals surface area contributed by atoms with Crippen molar-refractivity contribution in [2.75, 3.05) is 4.90 Å². The first-order chi connectivity index (χ1) is 30.1. The molecule has 0 radical (unpaired) electrons. The van der Waals surface area contributed by atoms with Gasteiger partial charge in [-0.25, -0.2) is 0 Å². The molecule has 0 unspecified atom stereocenters. The van der Waals surface area contributed by atoms with Crippen molar-refractivity contribution in [2.24, 2.45) is 0 Å². The topological polar surface area (TPSA) is 12.5 Å². The van der Waals surface area contributed by atoms with E-state index in [4.69, 9.17) is 4.74 Å². The van der Waals surface area contributed by atoms with Crippen molar-refractivity contribution in [3.63, 3.8) is 0 Å². The van der Waals surface area contributed by atoms with E-state index in [-0.39, 0.29) is 6.71 Å². The van der Waals surface area contributed by atoms with E-state index in [2.05, 4.69) is 237 Å². The summed E-state index contributed by atoms with van der Waals surface area (Å²) in [5, 5.41) is 0. The van der Waals surface area contributed by atoms with Gasteiger partial charge in [0.15, 0.2) is 0 Å². The third-order valence-electron chi connectivity index (χ3n) is 13.3. The molecular formula is C57H42BNOS. The molecule has 9 aromatic carbocycles. The maximum absolute atomic E-state index is 6.65. The molecular weight excluding hydrogens is 758 g/mol. The third kappa shape index (κ3) is 4.94. The van der Waals surface area contributed by atoms with Crippen LogP contribution in [0.3, 0.4) is 0 Å². The van der Waals surface area contributed by atoms with Crippen LogP contribution in [-0.4, -0.2) is 6.71 Å².